The number of nitrogens with one attached hydrogen (secondary N) is 2. The fourth-order valence-corrected chi connectivity index (χ4v) is 4.57. The van der Waals surface area contributed by atoms with Crippen LogP contribution in [-0.4, -0.2) is 55.2 Å². The SMILES string of the molecule is CN=C(NCCCc1nnc(SC)n1C1CCCC1)NCc1nnc2ccccn12. The van der Waals surface area contributed by atoms with E-state index in [-0.39, 0.29) is 0 Å². The number of aryl methyl sites for hydroxylation is 1. The van der Waals surface area contributed by atoms with Crippen LogP contribution in [0.5, 0.6) is 0 Å². The number of guanidine groups is 1. The number of aromatic nitrogens is 6. The first-order valence-electron chi connectivity index (χ1n) is 10.5. The Morgan fingerprint density at radius 2 is 1.97 bits per heavy atom. The lowest BCUT2D eigenvalue weighted by Gasteiger charge is -2.16. The van der Waals surface area contributed by atoms with E-state index in [1.807, 2.05) is 28.8 Å². The van der Waals surface area contributed by atoms with Crippen molar-refractivity contribution in [2.75, 3.05) is 19.8 Å². The molecule has 1 aliphatic rings. The summed E-state index contributed by atoms with van der Waals surface area (Å²) in [6.45, 7) is 1.37. The average Bonchev–Trinajstić information content (AvgIpc) is 3.52. The molecule has 30 heavy (non-hydrogen) atoms. The predicted molar refractivity (Wildman–Crippen MR) is 119 cm³/mol. The van der Waals surface area contributed by atoms with Gasteiger partial charge < -0.3 is 15.2 Å². The van der Waals surface area contributed by atoms with E-state index < -0.39 is 0 Å². The van der Waals surface area contributed by atoms with Gasteiger partial charge in [0.25, 0.3) is 0 Å². The zero-order valence-corrected chi connectivity index (χ0v) is 18.4. The van der Waals surface area contributed by atoms with Gasteiger partial charge in [-0.15, -0.1) is 20.4 Å². The normalized spacial score (nSPS) is 15.2. The molecule has 1 aliphatic carbocycles. The van der Waals surface area contributed by atoms with E-state index in [0.717, 1.165) is 47.8 Å². The number of hydrogen-bond donors (Lipinski definition) is 2. The summed E-state index contributed by atoms with van der Waals surface area (Å²) >= 11 is 1.69. The summed E-state index contributed by atoms with van der Waals surface area (Å²) in [5, 5.41) is 25.0. The Morgan fingerprint density at radius 1 is 1.13 bits per heavy atom. The quantitative estimate of drug-likeness (QED) is 0.247. The number of hydrogen-bond acceptors (Lipinski definition) is 6. The molecule has 0 saturated heterocycles. The summed E-state index contributed by atoms with van der Waals surface area (Å²) < 4.78 is 4.35. The van der Waals surface area contributed by atoms with Crippen LogP contribution in [0.2, 0.25) is 0 Å². The second-order valence-corrected chi connectivity index (χ2v) is 8.19. The Balaban J connectivity index is 1.27. The van der Waals surface area contributed by atoms with Gasteiger partial charge >= 0.3 is 0 Å². The van der Waals surface area contributed by atoms with E-state index in [2.05, 4.69) is 46.8 Å². The number of rotatable bonds is 8. The van der Waals surface area contributed by atoms with Crippen molar-refractivity contribution in [2.24, 2.45) is 4.99 Å². The Morgan fingerprint density at radius 3 is 2.77 bits per heavy atom. The van der Waals surface area contributed by atoms with Gasteiger partial charge in [0.2, 0.25) is 0 Å². The van der Waals surface area contributed by atoms with Crippen molar-refractivity contribution in [2.45, 2.75) is 56.3 Å². The van der Waals surface area contributed by atoms with Gasteiger partial charge in [-0.2, -0.15) is 0 Å². The Hall–Kier alpha value is -2.62. The highest BCUT2D eigenvalue weighted by atomic mass is 32.2. The van der Waals surface area contributed by atoms with Gasteiger partial charge in [-0.3, -0.25) is 9.39 Å². The molecule has 0 atom stereocenters. The number of fused-ring (bicyclic) bond motifs is 1. The third-order valence-electron chi connectivity index (χ3n) is 5.50. The van der Waals surface area contributed by atoms with Crippen molar-refractivity contribution < 1.29 is 0 Å². The molecule has 0 amide bonds. The molecule has 0 aromatic carbocycles. The van der Waals surface area contributed by atoms with Gasteiger partial charge in [0.15, 0.2) is 22.6 Å². The number of thioether (sulfide) groups is 1. The maximum atomic E-state index is 4.47. The molecule has 0 aliphatic heterocycles. The molecule has 0 spiro atoms. The van der Waals surface area contributed by atoms with Crippen LogP contribution in [0.15, 0.2) is 34.5 Å². The lowest BCUT2D eigenvalue weighted by molar-refractivity contribution is 0.460. The van der Waals surface area contributed by atoms with E-state index in [4.69, 9.17) is 0 Å². The molecular weight excluding hydrogens is 398 g/mol. The largest absolute Gasteiger partial charge is 0.356 e. The molecule has 3 heterocycles. The minimum Gasteiger partial charge on any atom is -0.356 e. The van der Waals surface area contributed by atoms with Crippen LogP contribution >= 0.6 is 11.8 Å². The van der Waals surface area contributed by atoms with E-state index in [0.29, 0.717) is 12.6 Å². The van der Waals surface area contributed by atoms with Crippen LogP contribution in [0.4, 0.5) is 0 Å². The maximum Gasteiger partial charge on any atom is 0.191 e. The third-order valence-corrected chi connectivity index (χ3v) is 6.14. The van der Waals surface area contributed by atoms with Crippen LogP contribution in [0, 0.1) is 0 Å². The predicted octanol–water partition coefficient (Wildman–Crippen LogP) is 2.46. The molecule has 10 heteroatoms. The van der Waals surface area contributed by atoms with Crippen molar-refractivity contribution in [1.82, 2.24) is 40.0 Å². The zero-order valence-electron chi connectivity index (χ0n) is 17.6. The van der Waals surface area contributed by atoms with E-state index in [1.165, 1.54) is 25.7 Å². The van der Waals surface area contributed by atoms with Crippen LogP contribution in [0.3, 0.4) is 0 Å². The van der Waals surface area contributed by atoms with Crippen LogP contribution in [0.25, 0.3) is 5.65 Å². The van der Waals surface area contributed by atoms with Crippen LogP contribution in [-0.2, 0) is 13.0 Å². The lowest BCUT2D eigenvalue weighted by Crippen LogP contribution is -2.37. The lowest BCUT2D eigenvalue weighted by atomic mass is 10.2. The van der Waals surface area contributed by atoms with Crippen molar-refractivity contribution in [3.63, 3.8) is 0 Å². The first-order valence-corrected chi connectivity index (χ1v) is 11.7. The van der Waals surface area contributed by atoms with Crippen LogP contribution in [0.1, 0.15) is 49.8 Å². The third kappa shape index (κ3) is 4.58. The molecule has 9 nitrogen and oxygen atoms in total. The topological polar surface area (TPSA) is 97.3 Å². The fourth-order valence-electron chi connectivity index (χ4n) is 3.99. The van der Waals surface area contributed by atoms with Gasteiger partial charge in [-0.1, -0.05) is 30.7 Å². The highest BCUT2D eigenvalue weighted by Crippen LogP contribution is 2.33. The van der Waals surface area contributed by atoms with Crippen molar-refractivity contribution in [3.05, 3.63) is 36.0 Å². The van der Waals surface area contributed by atoms with Crippen LogP contribution < -0.4 is 10.6 Å². The van der Waals surface area contributed by atoms with Crippen molar-refractivity contribution >= 4 is 23.4 Å². The second kappa shape index (κ2) is 9.92. The summed E-state index contributed by atoms with van der Waals surface area (Å²) in [4.78, 5) is 4.31. The van der Waals surface area contributed by atoms with E-state index >= 15 is 0 Å². The molecule has 2 N–H and O–H groups in total. The van der Waals surface area contributed by atoms with Gasteiger partial charge in [0.1, 0.15) is 5.82 Å². The minimum absolute atomic E-state index is 0.554. The van der Waals surface area contributed by atoms with E-state index in [9.17, 15) is 0 Å². The summed E-state index contributed by atoms with van der Waals surface area (Å²) in [6, 6.07) is 6.44. The molecule has 3 aromatic heterocycles. The fraction of sp³-hybridized carbons (Fsp3) is 0.550. The summed E-state index contributed by atoms with van der Waals surface area (Å²) in [7, 11) is 1.78. The maximum absolute atomic E-state index is 4.47. The van der Waals surface area contributed by atoms with Gasteiger partial charge in [-0.05, 0) is 37.7 Å². The first kappa shape index (κ1) is 20.6. The number of pyridine rings is 1. The Labute approximate surface area is 180 Å². The molecular formula is C20H29N9S. The minimum atomic E-state index is 0.554. The van der Waals surface area contributed by atoms with Gasteiger partial charge in [0, 0.05) is 32.3 Å². The van der Waals surface area contributed by atoms with Gasteiger partial charge in [-0.25, -0.2) is 0 Å². The molecule has 0 bridgehead atoms. The monoisotopic (exact) mass is 427 g/mol. The number of nitrogens with zero attached hydrogens (tertiary/aromatic N) is 7. The molecule has 4 rings (SSSR count). The smallest absolute Gasteiger partial charge is 0.191 e. The molecule has 1 fully saturated rings. The highest BCUT2D eigenvalue weighted by molar-refractivity contribution is 7.98. The molecule has 1 saturated carbocycles. The zero-order chi connectivity index (χ0) is 20.8. The molecule has 0 unspecified atom stereocenters. The Kier molecular flexibility index (Phi) is 6.83. The Bertz CT molecular complexity index is 987. The number of aliphatic imine (C=N–C) groups is 1. The highest BCUT2D eigenvalue weighted by Gasteiger charge is 2.23. The van der Waals surface area contributed by atoms with E-state index in [1.54, 1.807) is 18.8 Å². The second-order valence-electron chi connectivity index (χ2n) is 7.41. The molecule has 160 valence electrons. The molecule has 3 aromatic rings. The average molecular weight is 428 g/mol. The molecule has 0 radical (unpaired) electrons. The van der Waals surface area contributed by atoms with Gasteiger partial charge in [0.05, 0.1) is 6.54 Å². The van der Waals surface area contributed by atoms with Crippen molar-refractivity contribution in [1.29, 1.82) is 0 Å². The summed E-state index contributed by atoms with van der Waals surface area (Å²) in [5.74, 6) is 2.71. The first-order chi connectivity index (χ1) is 14.8. The van der Waals surface area contributed by atoms with Crippen molar-refractivity contribution in [3.8, 4) is 0 Å². The summed E-state index contributed by atoms with van der Waals surface area (Å²) in [6.07, 6.45) is 11.0. The summed E-state index contributed by atoms with van der Waals surface area (Å²) in [5.41, 5.74) is 0.841. The standard InChI is InChI=1S/C20H29N9S/c1-21-19(23-14-18-26-24-16-10-5-6-13-28(16)18)22-12-7-11-17-25-27-20(30-2)29(17)15-8-3-4-9-15/h5-6,10,13,15H,3-4,7-9,11-12,14H2,1-2H3,(H2,21,22,23).